The lowest BCUT2D eigenvalue weighted by molar-refractivity contribution is -0.152. The molecular formula is C19H19Cl2N3O5S. The zero-order valence-corrected chi connectivity index (χ0v) is 18.1. The first-order valence-corrected chi connectivity index (χ1v) is 11.3. The van der Waals surface area contributed by atoms with E-state index in [0.29, 0.717) is 23.6 Å². The van der Waals surface area contributed by atoms with Crippen LogP contribution in [-0.4, -0.2) is 49.3 Å². The van der Waals surface area contributed by atoms with Crippen LogP contribution in [-0.2, 0) is 24.3 Å². The van der Waals surface area contributed by atoms with Crippen molar-refractivity contribution in [2.75, 3.05) is 25.0 Å². The topological polar surface area (TPSA) is 106 Å². The summed E-state index contributed by atoms with van der Waals surface area (Å²) in [5.74, 6) is -1.57. The van der Waals surface area contributed by atoms with Gasteiger partial charge < -0.3 is 10.1 Å². The van der Waals surface area contributed by atoms with Crippen LogP contribution in [0.1, 0.15) is 12.8 Å². The summed E-state index contributed by atoms with van der Waals surface area (Å²) in [4.78, 5) is 28.2. The number of amides is 1. The molecule has 0 bridgehead atoms. The summed E-state index contributed by atoms with van der Waals surface area (Å²) in [5.41, 5.74) is 0.319. The molecule has 30 heavy (non-hydrogen) atoms. The fourth-order valence-electron chi connectivity index (χ4n) is 3.02. The third-order valence-electron chi connectivity index (χ3n) is 4.63. The van der Waals surface area contributed by atoms with E-state index in [-0.39, 0.29) is 23.0 Å². The fourth-order valence-corrected chi connectivity index (χ4v) is 4.80. The summed E-state index contributed by atoms with van der Waals surface area (Å²) in [6.07, 6.45) is 3.40. The lowest BCUT2D eigenvalue weighted by atomic mass is 9.98. The lowest BCUT2D eigenvalue weighted by Gasteiger charge is -2.29. The van der Waals surface area contributed by atoms with E-state index >= 15 is 0 Å². The SMILES string of the molecule is O=C(COC(=O)C1CCN(S(=O)(=O)c2cccnc2)CC1)Nc1cccc(Cl)c1Cl. The van der Waals surface area contributed by atoms with Crippen molar-refractivity contribution in [3.8, 4) is 0 Å². The maximum Gasteiger partial charge on any atom is 0.309 e. The van der Waals surface area contributed by atoms with E-state index in [1.807, 2.05) is 0 Å². The van der Waals surface area contributed by atoms with Gasteiger partial charge >= 0.3 is 5.97 Å². The molecule has 1 aromatic heterocycles. The van der Waals surface area contributed by atoms with Crippen LogP contribution in [0.3, 0.4) is 0 Å². The Kier molecular flexibility index (Phi) is 7.30. The second-order valence-electron chi connectivity index (χ2n) is 6.62. The van der Waals surface area contributed by atoms with Crippen LogP contribution < -0.4 is 5.32 Å². The van der Waals surface area contributed by atoms with Gasteiger partial charge in [-0.2, -0.15) is 4.31 Å². The molecule has 0 atom stereocenters. The molecule has 0 aliphatic carbocycles. The molecule has 8 nitrogen and oxygen atoms in total. The number of rotatable bonds is 6. The van der Waals surface area contributed by atoms with Gasteiger partial charge in [0.1, 0.15) is 4.90 Å². The van der Waals surface area contributed by atoms with E-state index in [9.17, 15) is 18.0 Å². The number of sulfonamides is 1. The predicted octanol–water partition coefficient (Wildman–Crippen LogP) is 2.97. The van der Waals surface area contributed by atoms with Gasteiger partial charge in [0.05, 0.1) is 21.7 Å². The minimum Gasteiger partial charge on any atom is -0.455 e. The number of carbonyl (C=O) groups is 2. The van der Waals surface area contributed by atoms with Gasteiger partial charge in [-0.15, -0.1) is 0 Å². The van der Waals surface area contributed by atoms with Gasteiger partial charge in [-0.25, -0.2) is 8.42 Å². The summed E-state index contributed by atoms with van der Waals surface area (Å²) in [6.45, 7) is -0.113. The van der Waals surface area contributed by atoms with Crippen molar-refractivity contribution in [3.63, 3.8) is 0 Å². The molecule has 1 aromatic carbocycles. The van der Waals surface area contributed by atoms with E-state index in [2.05, 4.69) is 10.3 Å². The number of anilines is 1. The molecule has 2 aromatic rings. The van der Waals surface area contributed by atoms with Gasteiger partial charge in [0, 0.05) is 25.5 Å². The second kappa shape index (κ2) is 9.74. The Labute approximate surface area is 184 Å². The van der Waals surface area contributed by atoms with Gasteiger partial charge in [0.15, 0.2) is 6.61 Å². The molecule has 1 N–H and O–H groups in total. The van der Waals surface area contributed by atoms with E-state index in [1.54, 1.807) is 24.3 Å². The van der Waals surface area contributed by atoms with Crippen molar-refractivity contribution in [3.05, 3.63) is 52.8 Å². The Bertz CT molecular complexity index is 1030. The van der Waals surface area contributed by atoms with Crippen LogP contribution in [0.2, 0.25) is 10.0 Å². The standard InChI is InChI=1S/C19H19Cl2N3O5S/c20-15-4-1-5-16(18(15)21)23-17(25)12-29-19(26)13-6-9-24(10-7-13)30(27,28)14-3-2-8-22-11-14/h1-5,8,11,13H,6-7,9-10,12H2,(H,23,25). The largest absolute Gasteiger partial charge is 0.455 e. The van der Waals surface area contributed by atoms with Gasteiger partial charge in [-0.3, -0.25) is 14.6 Å². The molecule has 0 unspecified atom stereocenters. The minimum absolute atomic E-state index is 0.113. The quantitative estimate of drug-likeness (QED) is 0.649. The second-order valence-corrected chi connectivity index (χ2v) is 9.35. The number of benzene rings is 1. The number of piperidine rings is 1. The number of nitrogens with zero attached hydrogens (tertiary/aromatic N) is 2. The first-order chi connectivity index (χ1) is 14.3. The summed E-state index contributed by atoms with van der Waals surface area (Å²) in [6, 6.07) is 7.82. The average Bonchev–Trinajstić information content (AvgIpc) is 2.76. The monoisotopic (exact) mass is 471 g/mol. The Balaban J connectivity index is 1.48. The highest BCUT2D eigenvalue weighted by Crippen LogP contribution is 2.29. The number of esters is 1. The summed E-state index contributed by atoms with van der Waals surface area (Å²) < 4.78 is 31.6. The molecule has 1 aliphatic rings. The number of carbonyl (C=O) groups excluding carboxylic acids is 2. The first-order valence-electron chi connectivity index (χ1n) is 9.09. The van der Waals surface area contributed by atoms with Crippen molar-refractivity contribution < 1.29 is 22.7 Å². The van der Waals surface area contributed by atoms with Crippen molar-refractivity contribution in [2.24, 2.45) is 5.92 Å². The number of hydrogen-bond donors (Lipinski definition) is 1. The molecule has 2 heterocycles. The fraction of sp³-hybridized carbons (Fsp3) is 0.316. The summed E-state index contributed by atoms with van der Waals surface area (Å²) in [5, 5.41) is 3.02. The lowest BCUT2D eigenvalue weighted by Crippen LogP contribution is -2.41. The molecule has 3 rings (SSSR count). The van der Waals surface area contributed by atoms with E-state index in [4.69, 9.17) is 27.9 Å². The van der Waals surface area contributed by atoms with Crippen LogP contribution in [0.5, 0.6) is 0 Å². The number of hydrogen-bond acceptors (Lipinski definition) is 6. The number of aromatic nitrogens is 1. The molecule has 1 fully saturated rings. The van der Waals surface area contributed by atoms with Crippen molar-refractivity contribution in [2.45, 2.75) is 17.7 Å². The Morgan fingerprint density at radius 1 is 1.17 bits per heavy atom. The highest BCUT2D eigenvalue weighted by atomic mass is 35.5. The van der Waals surface area contributed by atoms with Crippen molar-refractivity contribution in [1.82, 2.24) is 9.29 Å². The van der Waals surface area contributed by atoms with Crippen molar-refractivity contribution in [1.29, 1.82) is 0 Å². The van der Waals surface area contributed by atoms with Crippen LogP contribution in [0.25, 0.3) is 0 Å². The average molecular weight is 472 g/mol. The molecule has 0 spiro atoms. The smallest absolute Gasteiger partial charge is 0.309 e. The van der Waals surface area contributed by atoms with Gasteiger partial charge in [0.25, 0.3) is 5.91 Å². The number of nitrogens with one attached hydrogen (secondary N) is 1. The number of pyridine rings is 1. The third-order valence-corrected chi connectivity index (χ3v) is 7.33. The van der Waals surface area contributed by atoms with Crippen LogP contribution >= 0.6 is 23.2 Å². The molecule has 160 valence electrons. The first kappa shape index (κ1) is 22.5. The number of ether oxygens (including phenoxy) is 1. The van der Waals surface area contributed by atoms with Gasteiger partial charge in [-0.05, 0) is 37.1 Å². The zero-order chi connectivity index (χ0) is 21.7. The normalized spacial score (nSPS) is 15.5. The number of halogens is 2. The molecule has 11 heteroatoms. The molecule has 1 saturated heterocycles. The maximum absolute atomic E-state index is 12.6. The third kappa shape index (κ3) is 5.28. The highest BCUT2D eigenvalue weighted by molar-refractivity contribution is 7.89. The summed E-state index contributed by atoms with van der Waals surface area (Å²) in [7, 11) is -3.65. The van der Waals surface area contributed by atoms with Crippen LogP contribution in [0, 0.1) is 5.92 Å². The van der Waals surface area contributed by atoms with Crippen LogP contribution in [0.4, 0.5) is 5.69 Å². The summed E-state index contributed by atoms with van der Waals surface area (Å²) >= 11 is 11.9. The Morgan fingerprint density at radius 2 is 1.90 bits per heavy atom. The van der Waals surface area contributed by atoms with E-state index in [1.165, 1.54) is 22.8 Å². The highest BCUT2D eigenvalue weighted by Gasteiger charge is 2.33. The molecule has 0 saturated carbocycles. The Morgan fingerprint density at radius 3 is 2.57 bits per heavy atom. The van der Waals surface area contributed by atoms with E-state index < -0.39 is 34.4 Å². The molecule has 0 radical (unpaired) electrons. The Hall–Kier alpha value is -2.20. The predicted molar refractivity (Wildman–Crippen MR) is 112 cm³/mol. The molecular weight excluding hydrogens is 453 g/mol. The minimum atomic E-state index is -3.65. The van der Waals surface area contributed by atoms with Gasteiger partial charge in [0.2, 0.25) is 10.0 Å². The van der Waals surface area contributed by atoms with Crippen molar-refractivity contribution >= 4 is 50.8 Å². The zero-order valence-electron chi connectivity index (χ0n) is 15.8. The van der Waals surface area contributed by atoms with Crippen LogP contribution in [0.15, 0.2) is 47.6 Å². The maximum atomic E-state index is 12.6. The molecule has 1 aliphatic heterocycles. The van der Waals surface area contributed by atoms with E-state index in [0.717, 1.165) is 0 Å². The molecule has 1 amide bonds. The van der Waals surface area contributed by atoms with Gasteiger partial charge in [-0.1, -0.05) is 29.3 Å².